The molecule has 0 aliphatic heterocycles. The molecule has 0 fully saturated rings. The Labute approximate surface area is 166 Å². The first-order valence-electron chi connectivity index (χ1n) is 8.64. The van der Waals surface area contributed by atoms with Crippen molar-refractivity contribution in [2.45, 2.75) is 11.8 Å². The normalized spacial score (nSPS) is 11.6. The number of H-pyrrole nitrogens is 1. The number of aromatic nitrogens is 3. The lowest BCUT2D eigenvalue weighted by atomic mass is 10.1. The number of nitrogens with zero attached hydrogens (tertiary/aromatic N) is 2. The molecule has 148 valence electrons. The fourth-order valence-corrected chi connectivity index (χ4v) is 4.10. The van der Waals surface area contributed by atoms with E-state index in [9.17, 15) is 12.8 Å². The van der Waals surface area contributed by atoms with Crippen molar-refractivity contribution in [3.05, 3.63) is 66.4 Å². The maximum absolute atomic E-state index is 13.9. The number of aryl methyl sites for hydroxylation is 1. The second-order valence-corrected chi connectivity index (χ2v) is 8.10. The van der Waals surface area contributed by atoms with Gasteiger partial charge < -0.3 is 9.72 Å². The molecule has 0 bridgehead atoms. The molecule has 0 aliphatic rings. The molecule has 29 heavy (non-hydrogen) atoms. The third kappa shape index (κ3) is 3.64. The van der Waals surface area contributed by atoms with Gasteiger partial charge in [0.15, 0.2) is 11.6 Å². The van der Waals surface area contributed by atoms with Gasteiger partial charge in [-0.2, -0.15) is 0 Å². The standard InChI is InChI=1S/C20H17FN4O3S/c1-12-9-16-19(22-11-23-20(16)24-12)13-3-5-14(6-4-13)25-29(26,27)15-7-8-18(28-2)17(21)10-15/h3-11,25H,1-2H3,(H,22,23,24). The van der Waals surface area contributed by atoms with Gasteiger partial charge in [-0.1, -0.05) is 12.1 Å². The second-order valence-electron chi connectivity index (χ2n) is 6.42. The molecule has 7 nitrogen and oxygen atoms in total. The van der Waals surface area contributed by atoms with Crippen molar-refractivity contribution in [1.82, 2.24) is 15.0 Å². The average Bonchev–Trinajstić information content (AvgIpc) is 3.08. The quantitative estimate of drug-likeness (QED) is 0.518. The van der Waals surface area contributed by atoms with Crippen LogP contribution in [0.25, 0.3) is 22.3 Å². The smallest absolute Gasteiger partial charge is 0.262 e. The third-order valence-electron chi connectivity index (χ3n) is 4.40. The molecule has 0 unspecified atom stereocenters. The molecule has 0 atom stereocenters. The highest BCUT2D eigenvalue weighted by Crippen LogP contribution is 2.28. The van der Waals surface area contributed by atoms with Gasteiger partial charge in [0.25, 0.3) is 10.0 Å². The van der Waals surface area contributed by atoms with E-state index in [4.69, 9.17) is 4.74 Å². The van der Waals surface area contributed by atoms with E-state index >= 15 is 0 Å². The predicted molar refractivity (Wildman–Crippen MR) is 108 cm³/mol. The summed E-state index contributed by atoms with van der Waals surface area (Å²) in [6, 6.07) is 12.2. The third-order valence-corrected chi connectivity index (χ3v) is 5.78. The van der Waals surface area contributed by atoms with Crippen LogP contribution < -0.4 is 9.46 Å². The van der Waals surface area contributed by atoms with Gasteiger partial charge in [-0.15, -0.1) is 0 Å². The van der Waals surface area contributed by atoms with Crippen LogP contribution >= 0.6 is 0 Å². The van der Waals surface area contributed by atoms with Crippen molar-refractivity contribution in [1.29, 1.82) is 0 Å². The Kier molecular flexibility index (Phi) is 4.67. The molecular formula is C20H17FN4O3S. The minimum Gasteiger partial charge on any atom is -0.494 e. The van der Waals surface area contributed by atoms with Crippen LogP contribution in [0.2, 0.25) is 0 Å². The highest BCUT2D eigenvalue weighted by Gasteiger charge is 2.17. The van der Waals surface area contributed by atoms with E-state index in [1.807, 2.05) is 13.0 Å². The summed E-state index contributed by atoms with van der Waals surface area (Å²) in [7, 11) is -2.63. The van der Waals surface area contributed by atoms with Crippen LogP contribution in [0, 0.1) is 12.7 Å². The number of halogens is 1. The van der Waals surface area contributed by atoms with Gasteiger partial charge in [-0.05, 0) is 43.3 Å². The van der Waals surface area contributed by atoms with Crippen molar-refractivity contribution in [3.8, 4) is 17.0 Å². The SMILES string of the molecule is COc1ccc(S(=O)(=O)Nc2ccc(-c3ncnc4[nH]c(C)cc34)cc2)cc1F. The van der Waals surface area contributed by atoms with Crippen molar-refractivity contribution >= 4 is 26.7 Å². The van der Waals surface area contributed by atoms with Crippen LogP contribution in [0.5, 0.6) is 5.75 Å². The number of anilines is 1. The summed E-state index contributed by atoms with van der Waals surface area (Å²) in [6.45, 7) is 1.94. The fraction of sp³-hybridized carbons (Fsp3) is 0.100. The number of hydrogen-bond acceptors (Lipinski definition) is 5. The van der Waals surface area contributed by atoms with Gasteiger partial charge in [-0.25, -0.2) is 22.8 Å². The maximum Gasteiger partial charge on any atom is 0.262 e. The number of fused-ring (bicyclic) bond motifs is 1. The summed E-state index contributed by atoms with van der Waals surface area (Å²) in [5.74, 6) is -0.773. The van der Waals surface area contributed by atoms with Crippen LogP contribution in [0.1, 0.15) is 5.69 Å². The molecule has 2 N–H and O–H groups in total. The zero-order valence-electron chi connectivity index (χ0n) is 15.6. The zero-order valence-corrected chi connectivity index (χ0v) is 16.4. The van der Waals surface area contributed by atoms with E-state index < -0.39 is 15.8 Å². The van der Waals surface area contributed by atoms with Crippen molar-refractivity contribution in [2.24, 2.45) is 0 Å². The lowest BCUT2D eigenvalue weighted by Crippen LogP contribution is -2.13. The monoisotopic (exact) mass is 412 g/mol. The highest BCUT2D eigenvalue weighted by molar-refractivity contribution is 7.92. The van der Waals surface area contributed by atoms with Gasteiger partial charge in [-0.3, -0.25) is 4.72 Å². The van der Waals surface area contributed by atoms with Gasteiger partial charge in [0.05, 0.1) is 17.7 Å². The van der Waals surface area contributed by atoms with Gasteiger partial charge in [0.1, 0.15) is 12.0 Å². The second kappa shape index (κ2) is 7.17. The first-order valence-corrected chi connectivity index (χ1v) is 10.1. The molecule has 9 heteroatoms. The fourth-order valence-electron chi connectivity index (χ4n) is 3.03. The number of nitrogens with one attached hydrogen (secondary N) is 2. The van der Waals surface area contributed by atoms with Crippen LogP contribution in [0.3, 0.4) is 0 Å². The molecule has 0 aliphatic carbocycles. The van der Waals surface area contributed by atoms with Crippen molar-refractivity contribution < 1.29 is 17.5 Å². The van der Waals surface area contributed by atoms with Crippen LogP contribution in [-0.4, -0.2) is 30.5 Å². The summed E-state index contributed by atoms with van der Waals surface area (Å²) >= 11 is 0. The molecule has 0 saturated carbocycles. The number of sulfonamides is 1. The molecular weight excluding hydrogens is 395 g/mol. The number of rotatable bonds is 5. The molecule has 0 spiro atoms. The Balaban J connectivity index is 1.62. The average molecular weight is 412 g/mol. The van der Waals surface area contributed by atoms with Crippen LogP contribution in [0.4, 0.5) is 10.1 Å². The summed E-state index contributed by atoms with van der Waals surface area (Å²) in [6.07, 6.45) is 1.47. The van der Waals surface area contributed by atoms with Gasteiger partial charge in [0, 0.05) is 22.3 Å². The maximum atomic E-state index is 13.9. The molecule has 2 heterocycles. The Morgan fingerprint density at radius 1 is 1.07 bits per heavy atom. The molecule has 2 aromatic carbocycles. The van der Waals surface area contributed by atoms with Gasteiger partial charge in [0.2, 0.25) is 0 Å². The zero-order chi connectivity index (χ0) is 20.6. The number of aromatic amines is 1. The molecule has 0 saturated heterocycles. The molecule has 4 aromatic rings. The van der Waals surface area contributed by atoms with Gasteiger partial charge >= 0.3 is 0 Å². The molecule has 4 rings (SSSR count). The Hall–Kier alpha value is -3.46. The number of hydrogen-bond donors (Lipinski definition) is 2. The summed E-state index contributed by atoms with van der Waals surface area (Å²) < 4.78 is 46.2. The first-order chi connectivity index (χ1) is 13.9. The lowest BCUT2D eigenvalue weighted by Gasteiger charge is -2.10. The first kappa shape index (κ1) is 18.9. The molecule has 0 radical (unpaired) electrons. The molecule has 2 aromatic heterocycles. The minimum atomic E-state index is -3.95. The van der Waals surface area contributed by atoms with E-state index in [-0.39, 0.29) is 10.6 Å². The van der Waals surface area contributed by atoms with Crippen molar-refractivity contribution in [2.75, 3.05) is 11.8 Å². The Bertz CT molecular complexity index is 1300. The predicted octanol–water partition coefficient (Wildman–Crippen LogP) is 3.88. The minimum absolute atomic E-state index is 0.0236. The van der Waals surface area contributed by atoms with E-state index in [1.165, 1.54) is 25.6 Å². The highest BCUT2D eigenvalue weighted by atomic mass is 32.2. The van der Waals surface area contributed by atoms with Crippen LogP contribution in [0.15, 0.2) is 59.8 Å². The van der Waals surface area contributed by atoms with E-state index in [0.717, 1.165) is 34.1 Å². The Morgan fingerprint density at radius 2 is 1.83 bits per heavy atom. The summed E-state index contributed by atoms with van der Waals surface area (Å²) in [5, 5.41) is 0.882. The molecule has 0 amide bonds. The van der Waals surface area contributed by atoms with E-state index in [0.29, 0.717) is 5.69 Å². The Morgan fingerprint density at radius 3 is 2.52 bits per heavy atom. The number of ether oxygens (including phenoxy) is 1. The lowest BCUT2D eigenvalue weighted by molar-refractivity contribution is 0.385. The largest absolute Gasteiger partial charge is 0.494 e. The topological polar surface area (TPSA) is 97.0 Å². The van der Waals surface area contributed by atoms with Crippen LogP contribution in [-0.2, 0) is 10.0 Å². The van der Waals surface area contributed by atoms with E-state index in [1.54, 1.807) is 24.3 Å². The number of methoxy groups -OCH3 is 1. The van der Waals surface area contributed by atoms with Crippen molar-refractivity contribution in [3.63, 3.8) is 0 Å². The summed E-state index contributed by atoms with van der Waals surface area (Å²) in [5.41, 5.74) is 3.61. The van der Waals surface area contributed by atoms with E-state index in [2.05, 4.69) is 19.7 Å². The summed E-state index contributed by atoms with van der Waals surface area (Å²) in [4.78, 5) is 11.5. The number of benzene rings is 2.